The summed E-state index contributed by atoms with van der Waals surface area (Å²) in [5.41, 5.74) is 1.27. The SMILES string of the molecule is Cc1ccc(C(O)CNC(=O)CNC(=O)c2cc3c(s2)CCCC3)o1. The molecule has 0 bridgehead atoms. The van der Waals surface area contributed by atoms with Crippen molar-refractivity contribution >= 4 is 23.2 Å². The number of aliphatic hydroxyl groups is 1. The lowest BCUT2D eigenvalue weighted by molar-refractivity contribution is -0.120. The second kappa shape index (κ2) is 7.84. The first-order chi connectivity index (χ1) is 12.0. The van der Waals surface area contributed by atoms with Gasteiger partial charge in [0.05, 0.1) is 18.0 Å². The Morgan fingerprint density at radius 1 is 1.28 bits per heavy atom. The Morgan fingerprint density at radius 2 is 2.08 bits per heavy atom. The van der Waals surface area contributed by atoms with Crippen molar-refractivity contribution in [2.45, 2.75) is 38.7 Å². The smallest absolute Gasteiger partial charge is 0.261 e. The molecule has 0 saturated carbocycles. The van der Waals surface area contributed by atoms with E-state index in [4.69, 9.17) is 4.42 Å². The van der Waals surface area contributed by atoms with E-state index in [1.54, 1.807) is 19.1 Å². The van der Waals surface area contributed by atoms with Crippen LogP contribution < -0.4 is 10.6 Å². The van der Waals surface area contributed by atoms with Crippen LogP contribution in [0.2, 0.25) is 0 Å². The van der Waals surface area contributed by atoms with Gasteiger partial charge in [0.2, 0.25) is 5.91 Å². The fraction of sp³-hybridized carbons (Fsp3) is 0.444. The van der Waals surface area contributed by atoms with Gasteiger partial charge in [-0.1, -0.05) is 0 Å². The lowest BCUT2D eigenvalue weighted by Gasteiger charge is -2.10. The van der Waals surface area contributed by atoms with E-state index in [-0.39, 0.29) is 24.9 Å². The Bertz CT molecular complexity index is 741. The number of hydrogen-bond acceptors (Lipinski definition) is 5. The highest BCUT2D eigenvalue weighted by atomic mass is 32.1. The Kier molecular flexibility index (Phi) is 5.55. The largest absolute Gasteiger partial charge is 0.464 e. The van der Waals surface area contributed by atoms with Crippen LogP contribution in [0.1, 0.15) is 50.6 Å². The zero-order valence-corrected chi connectivity index (χ0v) is 14.9. The molecule has 0 radical (unpaired) electrons. The zero-order valence-electron chi connectivity index (χ0n) is 14.1. The van der Waals surface area contributed by atoms with Crippen LogP contribution in [0.15, 0.2) is 22.6 Å². The first-order valence-electron chi connectivity index (χ1n) is 8.44. The third-order valence-electron chi connectivity index (χ3n) is 4.21. The minimum atomic E-state index is -0.905. The highest BCUT2D eigenvalue weighted by Crippen LogP contribution is 2.29. The first-order valence-corrected chi connectivity index (χ1v) is 9.25. The second-order valence-electron chi connectivity index (χ2n) is 6.22. The fourth-order valence-electron chi connectivity index (χ4n) is 2.86. The molecule has 0 aromatic carbocycles. The molecule has 1 aliphatic rings. The fourth-order valence-corrected chi connectivity index (χ4v) is 4.03. The number of thiophene rings is 1. The molecule has 0 saturated heterocycles. The summed E-state index contributed by atoms with van der Waals surface area (Å²) >= 11 is 1.52. The zero-order chi connectivity index (χ0) is 17.8. The molecule has 0 spiro atoms. The molecule has 2 heterocycles. The summed E-state index contributed by atoms with van der Waals surface area (Å²) in [6.45, 7) is 1.70. The number of aryl methyl sites for hydroxylation is 3. The van der Waals surface area contributed by atoms with E-state index in [0.29, 0.717) is 16.4 Å². The molecule has 0 fully saturated rings. The predicted molar refractivity (Wildman–Crippen MR) is 94.7 cm³/mol. The molecule has 3 rings (SSSR count). The summed E-state index contributed by atoms with van der Waals surface area (Å²) in [6, 6.07) is 5.36. The molecule has 3 N–H and O–H groups in total. The van der Waals surface area contributed by atoms with Gasteiger partial charge in [-0.05, 0) is 56.4 Å². The monoisotopic (exact) mass is 362 g/mol. The van der Waals surface area contributed by atoms with Crippen molar-refractivity contribution in [3.63, 3.8) is 0 Å². The lowest BCUT2D eigenvalue weighted by Crippen LogP contribution is -2.38. The van der Waals surface area contributed by atoms with Crippen molar-refractivity contribution < 1.29 is 19.1 Å². The van der Waals surface area contributed by atoms with E-state index < -0.39 is 6.10 Å². The Morgan fingerprint density at radius 3 is 2.80 bits per heavy atom. The maximum atomic E-state index is 12.2. The molecule has 2 aromatic heterocycles. The minimum Gasteiger partial charge on any atom is -0.464 e. The molecule has 1 aliphatic carbocycles. The van der Waals surface area contributed by atoms with E-state index >= 15 is 0 Å². The Hall–Kier alpha value is -2.12. The summed E-state index contributed by atoms with van der Waals surface area (Å²) in [6.07, 6.45) is 3.51. The van der Waals surface area contributed by atoms with Crippen LogP contribution in [0, 0.1) is 6.92 Å². The van der Waals surface area contributed by atoms with Gasteiger partial charge < -0.3 is 20.2 Å². The number of nitrogens with one attached hydrogen (secondary N) is 2. The summed E-state index contributed by atoms with van der Waals surface area (Å²) in [5, 5.41) is 15.2. The van der Waals surface area contributed by atoms with Crippen molar-refractivity contribution in [1.82, 2.24) is 10.6 Å². The summed E-state index contributed by atoms with van der Waals surface area (Å²) in [5.74, 6) is 0.533. The number of hydrogen-bond donors (Lipinski definition) is 3. The van der Waals surface area contributed by atoms with Crippen LogP contribution in [0.25, 0.3) is 0 Å². The molecule has 2 aromatic rings. The van der Waals surface area contributed by atoms with Gasteiger partial charge in [0.15, 0.2) is 0 Å². The van der Waals surface area contributed by atoms with Gasteiger partial charge in [-0.2, -0.15) is 0 Å². The standard InChI is InChI=1S/C18H22N2O4S/c1-11-6-7-14(24-11)13(21)9-19-17(22)10-20-18(23)16-8-12-4-2-3-5-15(12)25-16/h6-8,13,21H,2-5,9-10H2,1H3,(H,19,22)(H,20,23). The highest BCUT2D eigenvalue weighted by Gasteiger charge is 2.18. The van der Waals surface area contributed by atoms with Crippen LogP contribution in [0.5, 0.6) is 0 Å². The molecule has 0 aliphatic heterocycles. The molecule has 25 heavy (non-hydrogen) atoms. The first kappa shape index (κ1) is 17.7. The number of fused-ring (bicyclic) bond motifs is 1. The minimum absolute atomic E-state index is 0.0367. The van der Waals surface area contributed by atoms with Gasteiger partial charge in [0.25, 0.3) is 5.91 Å². The van der Waals surface area contributed by atoms with Gasteiger partial charge in [-0.15, -0.1) is 11.3 Å². The third kappa shape index (κ3) is 4.49. The van der Waals surface area contributed by atoms with E-state index in [1.807, 2.05) is 6.07 Å². The molecular formula is C18H22N2O4S. The van der Waals surface area contributed by atoms with Crippen molar-refractivity contribution in [2.24, 2.45) is 0 Å². The normalized spacial score (nSPS) is 14.6. The molecule has 1 unspecified atom stereocenters. The van der Waals surface area contributed by atoms with Gasteiger partial charge in [-0.25, -0.2) is 0 Å². The Labute approximate surface area is 150 Å². The molecule has 6 nitrogen and oxygen atoms in total. The molecular weight excluding hydrogens is 340 g/mol. The van der Waals surface area contributed by atoms with Crippen molar-refractivity contribution in [1.29, 1.82) is 0 Å². The van der Waals surface area contributed by atoms with Gasteiger partial charge in [0.1, 0.15) is 17.6 Å². The number of rotatable bonds is 6. The quantitative estimate of drug-likeness (QED) is 0.734. The van der Waals surface area contributed by atoms with E-state index in [1.165, 1.54) is 34.6 Å². The van der Waals surface area contributed by atoms with E-state index in [2.05, 4.69) is 10.6 Å². The topological polar surface area (TPSA) is 91.6 Å². The number of furan rings is 1. The number of carbonyl (C=O) groups excluding carboxylic acids is 2. The molecule has 134 valence electrons. The average molecular weight is 362 g/mol. The summed E-state index contributed by atoms with van der Waals surface area (Å²) in [4.78, 5) is 26.0. The third-order valence-corrected chi connectivity index (χ3v) is 5.45. The van der Waals surface area contributed by atoms with Crippen LogP contribution in [0.4, 0.5) is 0 Å². The number of aliphatic hydroxyl groups excluding tert-OH is 1. The second-order valence-corrected chi connectivity index (χ2v) is 7.35. The van der Waals surface area contributed by atoms with Crippen molar-refractivity contribution in [2.75, 3.05) is 13.1 Å². The van der Waals surface area contributed by atoms with Crippen molar-refractivity contribution in [3.8, 4) is 0 Å². The van der Waals surface area contributed by atoms with E-state index in [0.717, 1.165) is 12.8 Å². The average Bonchev–Trinajstić information content (AvgIpc) is 3.23. The van der Waals surface area contributed by atoms with Crippen LogP contribution >= 0.6 is 11.3 Å². The van der Waals surface area contributed by atoms with Crippen LogP contribution in [-0.4, -0.2) is 30.0 Å². The van der Waals surface area contributed by atoms with Gasteiger partial charge in [-0.3, -0.25) is 9.59 Å². The maximum Gasteiger partial charge on any atom is 0.261 e. The van der Waals surface area contributed by atoms with Gasteiger partial charge >= 0.3 is 0 Å². The predicted octanol–water partition coefficient (Wildman–Crippen LogP) is 2.11. The van der Waals surface area contributed by atoms with Crippen LogP contribution in [-0.2, 0) is 17.6 Å². The summed E-state index contributed by atoms with van der Waals surface area (Å²) in [7, 11) is 0. The highest BCUT2D eigenvalue weighted by molar-refractivity contribution is 7.14. The molecule has 7 heteroatoms. The maximum absolute atomic E-state index is 12.2. The van der Waals surface area contributed by atoms with E-state index in [9.17, 15) is 14.7 Å². The number of amides is 2. The summed E-state index contributed by atoms with van der Waals surface area (Å²) < 4.78 is 5.30. The Balaban J connectivity index is 1.44. The van der Waals surface area contributed by atoms with Gasteiger partial charge in [0, 0.05) is 4.88 Å². The lowest BCUT2D eigenvalue weighted by atomic mass is 9.99. The van der Waals surface area contributed by atoms with Crippen LogP contribution in [0.3, 0.4) is 0 Å². The number of carbonyl (C=O) groups is 2. The molecule has 1 atom stereocenters. The van der Waals surface area contributed by atoms with Crippen molar-refractivity contribution in [3.05, 3.63) is 45.0 Å². The molecule has 2 amide bonds.